The van der Waals surface area contributed by atoms with Crippen LogP contribution in [0.2, 0.25) is 0 Å². The maximum absolute atomic E-state index is 13.6. The van der Waals surface area contributed by atoms with E-state index in [0.717, 1.165) is 22.1 Å². The summed E-state index contributed by atoms with van der Waals surface area (Å²) in [5.41, 5.74) is 0. The summed E-state index contributed by atoms with van der Waals surface area (Å²) in [6, 6.07) is 0.320. The molecule has 2 saturated carbocycles. The van der Waals surface area contributed by atoms with Gasteiger partial charge in [-0.1, -0.05) is 165 Å². The van der Waals surface area contributed by atoms with E-state index in [1.807, 2.05) is 4.90 Å². The first-order valence-electron chi connectivity index (χ1n) is 15.5. The summed E-state index contributed by atoms with van der Waals surface area (Å²) >= 11 is 7.42. The van der Waals surface area contributed by atoms with Gasteiger partial charge in [-0.25, -0.2) is 0 Å². The highest BCUT2D eigenvalue weighted by Gasteiger charge is 2.37. The Morgan fingerprint density at radius 2 is 0.914 bits per heavy atom. The van der Waals surface area contributed by atoms with Crippen molar-refractivity contribution in [2.75, 3.05) is 0 Å². The van der Waals surface area contributed by atoms with Crippen molar-refractivity contribution in [3.05, 3.63) is 11.0 Å². The highest BCUT2D eigenvalue weighted by molar-refractivity contribution is 8.26. The van der Waals surface area contributed by atoms with E-state index < -0.39 is 0 Å². The lowest BCUT2D eigenvalue weighted by Crippen LogP contribution is -2.38. The van der Waals surface area contributed by atoms with Crippen molar-refractivity contribution >= 4 is 34.2 Å². The Morgan fingerprint density at radius 3 is 1.31 bits per heavy atom. The van der Waals surface area contributed by atoms with Gasteiger partial charge in [-0.2, -0.15) is 0 Å². The van der Waals surface area contributed by atoms with Gasteiger partial charge in [0, 0.05) is 6.04 Å². The van der Waals surface area contributed by atoms with Crippen LogP contribution in [0, 0.1) is 5.92 Å². The molecule has 35 heavy (non-hydrogen) atoms. The van der Waals surface area contributed by atoms with E-state index in [0.29, 0.717) is 12.0 Å². The van der Waals surface area contributed by atoms with E-state index in [4.69, 9.17) is 12.2 Å². The number of nitrogens with zero attached hydrogens (tertiary/aromatic N) is 1. The highest BCUT2D eigenvalue weighted by atomic mass is 32.2. The largest absolute Gasteiger partial charge is 0.290 e. The Balaban J connectivity index is 1.59. The van der Waals surface area contributed by atoms with E-state index in [1.165, 1.54) is 148 Å². The molecule has 0 aromatic heterocycles. The Morgan fingerprint density at radius 1 is 0.571 bits per heavy atom. The molecular weight excluding hydrogens is 466 g/mol. The lowest BCUT2D eigenvalue weighted by molar-refractivity contribution is -0.124. The molecule has 2 nitrogen and oxygen atoms in total. The second-order valence-corrected chi connectivity index (χ2v) is 13.2. The fourth-order valence-electron chi connectivity index (χ4n) is 6.31. The van der Waals surface area contributed by atoms with Crippen LogP contribution in [0.25, 0.3) is 0 Å². The Hall–Kier alpha value is -0.350. The van der Waals surface area contributed by atoms with Crippen LogP contribution in [-0.2, 0) is 4.79 Å². The zero-order valence-corrected chi connectivity index (χ0v) is 24.2. The summed E-state index contributed by atoms with van der Waals surface area (Å²) in [5.74, 6) is 0.777. The van der Waals surface area contributed by atoms with Gasteiger partial charge in [0.1, 0.15) is 4.32 Å². The molecule has 2 aliphatic carbocycles. The van der Waals surface area contributed by atoms with Crippen molar-refractivity contribution in [1.82, 2.24) is 4.90 Å². The molecule has 3 fully saturated rings. The van der Waals surface area contributed by atoms with Gasteiger partial charge in [0.05, 0.1) is 4.91 Å². The van der Waals surface area contributed by atoms with Crippen molar-refractivity contribution in [2.24, 2.45) is 5.92 Å². The molecule has 3 aliphatic rings. The molecule has 1 amide bonds. The number of allylic oxidation sites excluding steroid dienone is 1. The number of thioether (sulfide) groups is 1. The molecule has 4 heteroatoms. The molecule has 1 aliphatic heterocycles. The molecule has 200 valence electrons. The maximum Gasteiger partial charge on any atom is 0.266 e. The summed E-state index contributed by atoms with van der Waals surface area (Å²) < 4.78 is 0.829. The second kappa shape index (κ2) is 18.0. The summed E-state index contributed by atoms with van der Waals surface area (Å²) in [7, 11) is 0. The summed E-state index contributed by atoms with van der Waals surface area (Å²) in [6.45, 7) is 0. The van der Waals surface area contributed by atoms with Crippen molar-refractivity contribution < 1.29 is 4.79 Å². The SMILES string of the molecule is O=C1/C(=C/C2CCCCCCCCCCCCCC2)SC(=S)N1C1CCCCCCCCCCC1. The van der Waals surface area contributed by atoms with Crippen LogP contribution >= 0.6 is 24.0 Å². The van der Waals surface area contributed by atoms with E-state index >= 15 is 0 Å². The monoisotopic (exact) mass is 519 g/mol. The van der Waals surface area contributed by atoms with Crippen molar-refractivity contribution in [2.45, 2.75) is 167 Å². The molecule has 1 saturated heterocycles. The lowest BCUT2D eigenvalue weighted by atomic mass is 9.93. The zero-order valence-electron chi connectivity index (χ0n) is 22.6. The highest BCUT2D eigenvalue weighted by Crippen LogP contribution is 2.37. The Bertz CT molecular complexity index is 618. The fourth-order valence-corrected chi connectivity index (χ4v) is 7.78. The van der Waals surface area contributed by atoms with Gasteiger partial charge >= 0.3 is 0 Å². The maximum atomic E-state index is 13.6. The van der Waals surface area contributed by atoms with Crippen molar-refractivity contribution in [3.63, 3.8) is 0 Å². The molecule has 0 aromatic rings. The molecule has 0 N–H and O–H groups in total. The van der Waals surface area contributed by atoms with Gasteiger partial charge in [0.15, 0.2) is 0 Å². The third-order valence-electron chi connectivity index (χ3n) is 8.55. The van der Waals surface area contributed by atoms with Crippen LogP contribution in [0.5, 0.6) is 0 Å². The molecule has 1 heterocycles. The first-order chi connectivity index (χ1) is 17.3. The number of thiocarbonyl (C=S) groups is 1. The number of carbonyl (C=O) groups excluding carboxylic acids is 1. The predicted octanol–water partition coefficient (Wildman–Crippen LogP) is 10.5. The van der Waals surface area contributed by atoms with Gasteiger partial charge in [-0.3, -0.25) is 9.69 Å². The number of hydrogen-bond donors (Lipinski definition) is 0. The summed E-state index contributed by atoms with van der Waals surface area (Å²) in [4.78, 5) is 16.6. The molecular formula is C31H53NOS2. The Kier molecular flexibility index (Phi) is 15.0. The molecule has 3 rings (SSSR count). The number of carbonyl (C=O) groups is 1. The van der Waals surface area contributed by atoms with E-state index in [9.17, 15) is 4.79 Å². The van der Waals surface area contributed by atoms with Crippen LogP contribution in [0.3, 0.4) is 0 Å². The third-order valence-corrected chi connectivity index (χ3v) is 9.90. The quantitative estimate of drug-likeness (QED) is 0.267. The van der Waals surface area contributed by atoms with Crippen molar-refractivity contribution in [3.8, 4) is 0 Å². The third kappa shape index (κ3) is 11.3. The van der Waals surface area contributed by atoms with Gasteiger partial charge in [0.2, 0.25) is 0 Å². The van der Waals surface area contributed by atoms with Gasteiger partial charge in [0.25, 0.3) is 5.91 Å². The number of amides is 1. The number of rotatable bonds is 2. The molecule has 0 radical (unpaired) electrons. The molecule has 0 spiro atoms. The Labute approximate surface area is 226 Å². The minimum absolute atomic E-state index is 0.230. The second-order valence-electron chi connectivity index (χ2n) is 11.6. The average Bonchev–Trinajstić information content (AvgIpc) is 3.11. The van der Waals surface area contributed by atoms with Gasteiger partial charge in [-0.05, 0) is 31.6 Å². The normalized spacial score (nSPS) is 26.6. The molecule has 0 bridgehead atoms. The van der Waals surface area contributed by atoms with Crippen LogP contribution in [0.15, 0.2) is 11.0 Å². The van der Waals surface area contributed by atoms with Crippen LogP contribution in [0.1, 0.15) is 161 Å². The van der Waals surface area contributed by atoms with E-state index in [-0.39, 0.29) is 5.91 Å². The first kappa shape index (κ1) is 29.2. The van der Waals surface area contributed by atoms with Crippen molar-refractivity contribution in [1.29, 1.82) is 0 Å². The average molecular weight is 520 g/mol. The first-order valence-corrected chi connectivity index (χ1v) is 16.8. The van der Waals surface area contributed by atoms with Gasteiger partial charge in [-0.15, -0.1) is 0 Å². The molecule has 0 atom stereocenters. The molecule has 0 aromatic carbocycles. The van der Waals surface area contributed by atoms with Gasteiger partial charge < -0.3 is 0 Å². The summed E-state index contributed by atoms with van der Waals surface area (Å²) in [5, 5.41) is 0. The predicted molar refractivity (Wildman–Crippen MR) is 158 cm³/mol. The summed E-state index contributed by atoms with van der Waals surface area (Å²) in [6.07, 6.45) is 35.7. The topological polar surface area (TPSA) is 20.3 Å². The van der Waals surface area contributed by atoms with Crippen LogP contribution in [-0.4, -0.2) is 21.2 Å². The lowest BCUT2D eigenvalue weighted by Gasteiger charge is -2.27. The zero-order chi connectivity index (χ0) is 24.6. The van der Waals surface area contributed by atoms with E-state index in [1.54, 1.807) is 11.8 Å². The molecule has 0 unspecified atom stereocenters. The minimum atomic E-state index is 0.230. The smallest absolute Gasteiger partial charge is 0.266 e. The standard InChI is InChI=1S/C31H53NOS2/c33-30-29(26-27-22-18-14-10-6-3-1-2-4-7-11-15-19-23-27)35-31(34)32(30)28-24-20-16-12-8-5-9-13-17-21-25-28/h26-28H,1-25H2/b29-26-. The minimum Gasteiger partial charge on any atom is -0.290 e. The van der Waals surface area contributed by atoms with Crippen LogP contribution < -0.4 is 0 Å². The fraction of sp³-hybridized carbons (Fsp3) is 0.871. The van der Waals surface area contributed by atoms with E-state index in [2.05, 4.69) is 6.08 Å². The number of hydrogen-bond acceptors (Lipinski definition) is 3. The van der Waals surface area contributed by atoms with Crippen LogP contribution in [0.4, 0.5) is 0 Å².